The summed E-state index contributed by atoms with van der Waals surface area (Å²) in [5.74, 6) is 1.28. The number of hydrogen-bond donors (Lipinski definition) is 0. The van der Waals surface area contributed by atoms with Crippen molar-refractivity contribution in [1.29, 1.82) is 5.26 Å². The van der Waals surface area contributed by atoms with Gasteiger partial charge in [-0.15, -0.1) is 0 Å². The van der Waals surface area contributed by atoms with E-state index >= 15 is 0 Å². The molecule has 242 valence electrons. The van der Waals surface area contributed by atoms with E-state index in [1.807, 2.05) is 90.5 Å². The average molecular weight is 632 g/mol. The monoisotopic (exact) mass is 631 g/mol. The van der Waals surface area contributed by atoms with Crippen LogP contribution in [0.1, 0.15) is 63.4 Å². The van der Waals surface area contributed by atoms with E-state index in [2.05, 4.69) is 21.1 Å². The van der Waals surface area contributed by atoms with Gasteiger partial charge in [0.15, 0.2) is 0 Å². The number of aromatic nitrogens is 3. The number of ether oxygens (including phenoxy) is 1. The molecule has 4 aromatic rings. The Morgan fingerprint density at radius 1 is 0.957 bits per heavy atom. The number of hydrogen-bond acceptors (Lipinski definition) is 7. The second-order valence-corrected chi connectivity index (χ2v) is 12.7. The van der Waals surface area contributed by atoms with Gasteiger partial charge in [-0.05, 0) is 68.5 Å². The highest BCUT2D eigenvalue weighted by atomic mass is 16.5. The third-order valence-corrected chi connectivity index (χ3v) is 9.46. The number of nitrogens with zero attached hydrogens (tertiary/aromatic N) is 7. The Labute approximate surface area is 276 Å². The number of nitriles is 1. The molecule has 47 heavy (non-hydrogen) atoms. The zero-order valence-corrected chi connectivity index (χ0v) is 27.1. The number of rotatable bonds is 4. The molecule has 1 spiro atoms. The largest absolute Gasteiger partial charge is 0.492 e. The highest BCUT2D eigenvalue weighted by Gasteiger charge is 2.38. The lowest BCUT2D eigenvalue weighted by Crippen LogP contribution is -2.46. The lowest BCUT2D eigenvalue weighted by Gasteiger charge is -2.42. The maximum absolute atomic E-state index is 14.2. The lowest BCUT2D eigenvalue weighted by atomic mass is 9.75. The molecule has 2 aromatic heterocycles. The number of piperidine rings is 1. The minimum absolute atomic E-state index is 0.000949. The Morgan fingerprint density at radius 3 is 2.43 bits per heavy atom. The van der Waals surface area contributed by atoms with Crippen LogP contribution in [0.25, 0.3) is 0 Å². The molecule has 0 N–H and O–H groups in total. The van der Waals surface area contributed by atoms with E-state index in [0.29, 0.717) is 61.9 Å². The lowest BCUT2D eigenvalue weighted by molar-refractivity contribution is 0.0357. The van der Waals surface area contributed by atoms with E-state index in [9.17, 15) is 14.9 Å². The summed E-state index contributed by atoms with van der Waals surface area (Å²) in [6.45, 7) is 5.87. The van der Waals surface area contributed by atoms with Crippen LogP contribution in [0.2, 0.25) is 0 Å². The molecular weight excluding hydrogens is 590 g/mol. The molecule has 2 aliphatic heterocycles. The second-order valence-electron chi connectivity index (χ2n) is 12.7. The zero-order chi connectivity index (χ0) is 32.8. The third kappa shape index (κ3) is 7.30. The van der Waals surface area contributed by atoms with Crippen molar-refractivity contribution < 1.29 is 14.3 Å². The predicted octanol–water partition coefficient (Wildman–Crippen LogP) is 5.24. The van der Waals surface area contributed by atoms with E-state index in [-0.39, 0.29) is 17.2 Å². The van der Waals surface area contributed by atoms with E-state index in [1.54, 1.807) is 16.9 Å². The number of pyridine rings is 1. The number of para-hydroxylation sites is 1. The number of amides is 2. The molecule has 1 saturated heterocycles. The molecular formula is C37H41N7O3. The van der Waals surface area contributed by atoms with E-state index in [4.69, 9.17) is 4.74 Å². The van der Waals surface area contributed by atoms with Crippen molar-refractivity contribution in [3.05, 3.63) is 107 Å². The first kappa shape index (κ1) is 31.8. The Kier molecular flexibility index (Phi) is 9.52. The molecule has 10 nitrogen and oxygen atoms in total. The zero-order valence-electron chi connectivity index (χ0n) is 27.1. The summed E-state index contributed by atoms with van der Waals surface area (Å²) in [6, 6.07) is 25.2. The molecule has 2 amide bonds. The van der Waals surface area contributed by atoms with Crippen LogP contribution in [0.3, 0.4) is 0 Å². The van der Waals surface area contributed by atoms with Crippen LogP contribution in [-0.4, -0.2) is 75.7 Å². The minimum atomic E-state index is -0.170. The number of likely N-dealkylation sites (tertiary alicyclic amines) is 1. The van der Waals surface area contributed by atoms with Crippen molar-refractivity contribution in [3.63, 3.8) is 0 Å². The first-order chi connectivity index (χ1) is 22.8. The highest BCUT2D eigenvalue weighted by molar-refractivity contribution is 5.97. The Balaban J connectivity index is 1.28. The molecule has 0 bridgehead atoms. The van der Waals surface area contributed by atoms with Gasteiger partial charge < -0.3 is 19.4 Å². The SMILES string of the molecule is Cc1cc(C(=O)N2CCC3(CCCN(c4ccc(C#N)cn4)CCN(Cc4ccccc4)C(=O)c4ccccc4OC3)CC2)n(C)n1. The molecule has 0 radical (unpaired) electrons. The van der Waals surface area contributed by atoms with Gasteiger partial charge in [0.1, 0.15) is 23.3 Å². The fourth-order valence-electron chi connectivity index (χ4n) is 6.72. The van der Waals surface area contributed by atoms with Gasteiger partial charge >= 0.3 is 0 Å². The molecule has 2 aromatic carbocycles. The van der Waals surface area contributed by atoms with Crippen LogP contribution in [0.4, 0.5) is 5.82 Å². The summed E-state index contributed by atoms with van der Waals surface area (Å²) in [5, 5.41) is 13.7. The fraction of sp³-hybridized carbons (Fsp3) is 0.378. The Morgan fingerprint density at radius 2 is 1.72 bits per heavy atom. The number of benzene rings is 2. The van der Waals surface area contributed by atoms with Crippen molar-refractivity contribution >= 4 is 17.6 Å². The summed E-state index contributed by atoms with van der Waals surface area (Å²) in [6.07, 6.45) is 4.97. The molecule has 6 rings (SSSR count). The maximum atomic E-state index is 14.2. The highest BCUT2D eigenvalue weighted by Crippen LogP contribution is 2.38. The topological polar surface area (TPSA) is 108 Å². The van der Waals surface area contributed by atoms with Crippen LogP contribution in [0, 0.1) is 23.7 Å². The van der Waals surface area contributed by atoms with Crippen LogP contribution < -0.4 is 9.64 Å². The average Bonchev–Trinajstić information content (AvgIpc) is 3.45. The van der Waals surface area contributed by atoms with Gasteiger partial charge in [0.25, 0.3) is 11.8 Å². The van der Waals surface area contributed by atoms with Crippen LogP contribution in [-0.2, 0) is 13.6 Å². The van der Waals surface area contributed by atoms with Crippen LogP contribution in [0.5, 0.6) is 5.75 Å². The first-order valence-corrected chi connectivity index (χ1v) is 16.3. The summed E-state index contributed by atoms with van der Waals surface area (Å²) in [7, 11) is 1.81. The Bertz CT molecular complexity index is 1740. The van der Waals surface area contributed by atoms with Gasteiger partial charge in [-0.2, -0.15) is 10.4 Å². The van der Waals surface area contributed by atoms with Gasteiger partial charge in [0.05, 0.1) is 23.4 Å². The molecule has 0 saturated carbocycles. The van der Waals surface area contributed by atoms with E-state index in [1.165, 1.54) is 0 Å². The van der Waals surface area contributed by atoms with Crippen molar-refractivity contribution in [3.8, 4) is 11.8 Å². The quantitative estimate of drug-likeness (QED) is 0.303. The molecule has 0 unspecified atom stereocenters. The molecule has 10 heteroatoms. The summed E-state index contributed by atoms with van der Waals surface area (Å²) in [5.41, 5.74) is 3.35. The summed E-state index contributed by atoms with van der Waals surface area (Å²) in [4.78, 5) is 38.3. The van der Waals surface area contributed by atoms with Crippen molar-refractivity contribution in [1.82, 2.24) is 24.6 Å². The summed E-state index contributed by atoms with van der Waals surface area (Å²) >= 11 is 0. The molecule has 1 fully saturated rings. The van der Waals surface area contributed by atoms with E-state index < -0.39 is 0 Å². The molecule has 0 aliphatic carbocycles. The van der Waals surface area contributed by atoms with Gasteiger partial charge in [0.2, 0.25) is 0 Å². The van der Waals surface area contributed by atoms with Crippen molar-refractivity contribution in [2.75, 3.05) is 44.2 Å². The number of aryl methyl sites for hydroxylation is 2. The van der Waals surface area contributed by atoms with Crippen LogP contribution >= 0.6 is 0 Å². The normalized spacial score (nSPS) is 17.1. The van der Waals surface area contributed by atoms with Crippen molar-refractivity contribution in [2.24, 2.45) is 12.5 Å². The third-order valence-electron chi connectivity index (χ3n) is 9.46. The number of fused-ring (bicyclic) bond motifs is 1. The number of carbonyl (C=O) groups is 2. The maximum Gasteiger partial charge on any atom is 0.272 e. The second kappa shape index (κ2) is 14.1. The minimum Gasteiger partial charge on any atom is -0.492 e. The van der Waals surface area contributed by atoms with Gasteiger partial charge in [0, 0.05) is 57.9 Å². The van der Waals surface area contributed by atoms with E-state index in [0.717, 1.165) is 49.3 Å². The number of anilines is 1. The first-order valence-electron chi connectivity index (χ1n) is 16.3. The fourth-order valence-corrected chi connectivity index (χ4v) is 6.72. The predicted molar refractivity (Wildman–Crippen MR) is 179 cm³/mol. The van der Waals surface area contributed by atoms with Crippen molar-refractivity contribution in [2.45, 2.75) is 39.2 Å². The molecule has 0 atom stereocenters. The van der Waals surface area contributed by atoms with Crippen LogP contribution in [0.15, 0.2) is 79.0 Å². The van der Waals surface area contributed by atoms with Gasteiger partial charge in [-0.1, -0.05) is 42.5 Å². The molecule has 2 aliphatic rings. The smallest absolute Gasteiger partial charge is 0.272 e. The van der Waals surface area contributed by atoms with Gasteiger partial charge in [-0.3, -0.25) is 14.3 Å². The standard InChI is InChI=1S/C37H41N7O3/c1-28-23-32(41(2)40-28)36(46)43-19-16-37(17-20-43)15-8-18-42(34-14-13-30(24-38)25-39-34)21-22-44(26-29-9-4-3-5-10-29)35(45)31-11-6-7-12-33(31)47-27-37/h3-7,9-14,23,25H,8,15-22,26-27H2,1-2H3. The summed E-state index contributed by atoms with van der Waals surface area (Å²) < 4.78 is 8.24. The Hall–Kier alpha value is -5.17. The molecule has 4 heterocycles. The van der Waals surface area contributed by atoms with Gasteiger partial charge in [-0.25, -0.2) is 4.98 Å². The number of carbonyl (C=O) groups excluding carboxylic acids is 2.